The SMILES string of the molecule is Cc1cnc(=O)[nH]c1N.O=C(O)C(O)c1c[nH]c(=O)[nH]c1=O. The number of carbonyl (C=O) groups is 1. The lowest BCUT2D eigenvalue weighted by Gasteiger charge is -2.01. The molecule has 11 nitrogen and oxygen atoms in total. The summed E-state index contributed by atoms with van der Waals surface area (Å²) in [7, 11) is 0. The van der Waals surface area contributed by atoms with Crippen LogP contribution in [-0.2, 0) is 4.79 Å². The predicted octanol–water partition coefficient (Wildman–Crippen LogP) is -2.16. The van der Waals surface area contributed by atoms with Gasteiger partial charge in [0.05, 0.1) is 5.56 Å². The van der Waals surface area contributed by atoms with E-state index in [1.165, 1.54) is 6.20 Å². The van der Waals surface area contributed by atoms with Crippen LogP contribution < -0.4 is 22.7 Å². The van der Waals surface area contributed by atoms with Gasteiger partial charge in [-0.15, -0.1) is 0 Å². The van der Waals surface area contributed by atoms with Crippen molar-refractivity contribution in [2.45, 2.75) is 13.0 Å². The van der Waals surface area contributed by atoms with E-state index in [0.717, 1.165) is 11.8 Å². The summed E-state index contributed by atoms with van der Waals surface area (Å²) < 4.78 is 0. The summed E-state index contributed by atoms with van der Waals surface area (Å²) in [6.45, 7) is 1.78. The molecule has 118 valence electrons. The molecule has 0 aliphatic heterocycles. The van der Waals surface area contributed by atoms with Crippen LogP contribution in [0.5, 0.6) is 0 Å². The van der Waals surface area contributed by atoms with Crippen molar-refractivity contribution in [3.63, 3.8) is 0 Å². The van der Waals surface area contributed by atoms with Gasteiger partial charge in [-0.2, -0.15) is 0 Å². The fraction of sp³-hybridized carbons (Fsp3) is 0.182. The van der Waals surface area contributed by atoms with Gasteiger partial charge in [-0.05, 0) is 6.92 Å². The van der Waals surface area contributed by atoms with Gasteiger partial charge in [-0.1, -0.05) is 0 Å². The summed E-state index contributed by atoms with van der Waals surface area (Å²) in [5, 5.41) is 17.3. The number of aryl methyl sites for hydroxylation is 1. The number of hydrogen-bond donors (Lipinski definition) is 6. The van der Waals surface area contributed by atoms with Crippen molar-refractivity contribution in [2.75, 3.05) is 5.73 Å². The van der Waals surface area contributed by atoms with E-state index >= 15 is 0 Å². The van der Waals surface area contributed by atoms with Gasteiger partial charge in [0.25, 0.3) is 5.56 Å². The largest absolute Gasteiger partial charge is 0.479 e. The second kappa shape index (κ2) is 6.99. The topological polar surface area (TPSA) is 195 Å². The maximum Gasteiger partial charge on any atom is 0.346 e. The Morgan fingerprint density at radius 1 is 1.32 bits per heavy atom. The zero-order chi connectivity index (χ0) is 16.9. The number of hydrogen-bond acceptors (Lipinski definition) is 7. The Kier molecular flexibility index (Phi) is 5.35. The van der Waals surface area contributed by atoms with E-state index in [2.05, 4.69) is 9.97 Å². The van der Waals surface area contributed by atoms with Crippen molar-refractivity contribution in [2.24, 2.45) is 0 Å². The van der Waals surface area contributed by atoms with E-state index in [1.54, 1.807) is 11.9 Å². The van der Waals surface area contributed by atoms with Crippen LogP contribution in [-0.4, -0.2) is 36.1 Å². The second-order valence-corrected chi connectivity index (χ2v) is 4.05. The highest BCUT2D eigenvalue weighted by molar-refractivity contribution is 5.73. The van der Waals surface area contributed by atoms with Gasteiger partial charge in [0, 0.05) is 18.0 Å². The van der Waals surface area contributed by atoms with Crippen LogP contribution in [0.1, 0.15) is 17.2 Å². The lowest BCUT2D eigenvalue weighted by atomic mass is 10.2. The van der Waals surface area contributed by atoms with Crippen molar-refractivity contribution in [3.05, 3.63) is 54.8 Å². The number of aliphatic carboxylic acids is 1. The highest BCUT2D eigenvalue weighted by Crippen LogP contribution is 2.03. The van der Waals surface area contributed by atoms with Crippen molar-refractivity contribution < 1.29 is 15.0 Å². The summed E-state index contributed by atoms with van der Waals surface area (Å²) in [4.78, 5) is 51.6. The van der Waals surface area contributed by atoms with Crippen molar-refractivity contribution in [1.29, 1.82) is 0 Å². The molecule has 1 unspecified atom stereocenters. The minimum atomic E-state index is -1.93. The minimum absolute atomic E-state index is 0.384. The molecule has 1 atom stereocenters. The molecule has 7 N–H and O–H groups in total. The number of aromatic nitrogens is 4. The maximum absolute atomic E-state index is 10.9. The zero-order valence-corrected chi connectivity index (χ0v) is 11.3. The molecule has 0 saturated carbocycles. The molecule has 0 bridgehead atoms. The molecular weight excluding hydrogens is 298 g/mol. The summed E-state index contributed by atoms with van der Waals surface area (Å²) in [6.07, 6.45) is 0.370. The van der Waals surface area contributed by atoms with Crippen LogP contribution in [0, 0.1) is 6.92 Å². The quantitative estimate of drug-likeness (QED) is 0.360. The molecule has 0 spiro atoms. The standard InChI is InChI=1S/C6H6N2O5.C5H7N3O/c9-3(5(11)12)2-1-7-6(13)8-4(2)10;1-3-2-7-5(9)8-4(3)6/h1,3,9H,(H,11,12)(H2,7,8,10,13);2H,1H3,(H3,6,7,8,9). The number of carboxylic acids is 1. The molecule has 0 aromatic carbocycles. The van der Waals surface area contributed by atoms with E-state index < -0.39 is 34.6 Å². The highest BCUT2D eigenvalue weighted by atomic mass is 16.4. The number of nitrogens with zero attached hydrogens (tertiary/aromatic N) is 1. The number of nitrogen functional groups attached to an aromatic ring is 1. The number of aliphatic hydroxyl groups excluding tert-OH is 1. The Bertz CT molecular complexity index is 836. The number of anilines is 1. The Morgan fingerprint density at radius 3 is 2.41 bits per heavy atom. The van der Waals surface area contributed by atoms with Crippen molar-refractivity contribution in [1.82, 2.24) is 19.9 Å². The normalized spacial score (nSPS) is 11.2. The third-order valence-electron chi connectivity index (χ3n) is 2.42. The number of nitrogens with one attached hydrogen (secondary N) is 3. The first-order chi connectivity index (χ1) is 10.2. The van der Waals surface area contributed by atoms with Gasteiger partial charge in [0.2, 0.25) is 0 Å². The van der Waals surface area contributed by atoms with E-state index in [1.807, 2.05) is 4.98 Å². The van der Waals surface area contributed by atoms with Crippen LogP contribution >= 0.6 is 0 Å². The first kappa shape index (κ1) is 16.8. The molecule has 2 heterocycles. The number of rotatable bonds is 2. The van der Waals surface area contributed by atoms with Gasteiger partial charge in [-0.3, -0.25) is 14.8 Å². The average molecular weight is 311 g/mol. The molecule has 0 saturated heterocycles. The molecule has 0 aliphatic carbocycles. The van der Waals surface area contributed by atoms with E-state index in [4.69, 9.17) is 15.9 Å². The van der Waals surface area contributed by atoms with Crippen LogP contribution in [0.3, 0.4) is 0 Å². The molecule has 0 fully saturated rings. The summed E-state index contributed by atoms with van der Waals surface area (Å²) in [5.41, 5.74) is 3.62. The third kappa shape index (κ3) is 4.42. The molecule has 22 heavy (non-hydrogen) atoms. The molecule has 0 amide bonds. The number of aromatic amines is 3. The molecule has 11 heteroatoms. The lowest BCUT2D eigenvalue weighted by Crippen LogP contribution is -2.28. The van der Waals surface area contributed by atoms with Gasteiger partial charge in [-0.25, -0.2) is 19.4 Å². The summed E-state index contributed by atoms with van der Waals surface area (Å²) in [6, 6.07) is 0. The second-order valence-electron chi connectivity index (χ2n) is 4.05. The minimum Gasteiger partial charge on any atom is -0.479 e. The third-order valence-corrected chi connectivity index (χ3v) is 2.42. The Labute approximate surface area is 121 Å². The Morgan fingerprint density at radius 2 is 1.95 bits per heavy atom. The van der Waals surface area contributed by atoms with Gasteiger partial charge in [0.15, 0.2) is 6.10 Å². The highest BCUT2D eigenvalue weighted by Gasteiger charge is 2.19. The molecule has 2 aromatic rings. The average Bonchev–Trinajstić information content (AvgIpc) is 2.43. The van der Waals surface area contributed by atoms with E-state index in [0.29, 0.717) is 5.82 Å². The first-order valence-corrected chi connectivity index (χ1v) is 5.76. The molecular formula is C11H13N5O6. The summed E-state index contributed by atoms with van der Waals surface area (Å²) in [5.74, 6) is -1.17. The van der Waals surface area contributed by atoms with Gasteiger partial charge in [0.1, 0.15) is 5.82 Å². The fourth-order valence-corrected chi connectivity index (χ4v) is 1.23. The number of aliphatic hydroxyl groups is 1. The predicted molar refractivity (Wildman–Crippen MR) is 74.3 cm³/mol. The van der Waals surface area contributed by atoms with Crippen molar-refractivity contribution in [3.8, 4) is 0 Å². The van der Waals surface area contributed by atoms with Crippen molar-refractivity contribution >= 4 is 11.8 Å². The van der Waals surface area contributed by atoms with E-state index in [-0.39, 0.29) is 0 Å². The lowest BCUT2D eigenvalue weighted by molar-refractivity contribution is -0.147. The first-order valence-electron chi connectivity index (χ1n) is 5.76. The number of nitrogens with two attached hydrogens (primary N) is 1. The van der Waals surface area contributed by atoms with Crippen LogP contribution in [0.25, 0.3) is 0 Å². The summed E-state index contributed by atoms with van der Waals surface area (Å²) >= 11 is 0. The smallest absolute Gasteiger partial charge is 0.346 e. The molecule has 0 aliphatic rings. The van der Waals surface area contributed by atoms with Gasteiger partial charge >= 0.3 is 17.3 Å². The van der Waals surface area contributed by atoms with E-state index in [9.17, 15) is 19.2 Å². The Balaban J connectivity index is 0.000000235. The van der Waals surface area contributed by atoms with Gasteiger partial charge < -0.3 is 20.9 Å². The molecule has 2 rings (SSSR count). The van der Waals surface area contributed by atoms with Crippen LogP contribution in [0.4, 0.5) is 5.82 Å². The molecule has 2 aromatic heterocycles. The monoisotopic (exact) mass is 311 g/mol. The number of carboxylic acid groups (broad SMARTS) is 1. The fourth-order valence-electron chi connectivity index (χ4n) is 1.23. The maximum atomic E-state index is 10.9. The zero-order valence-electron chi connectivity index (χ0n) is 11.3. The number of H-pyrrole nitrogens is 3. The Hall–Kier alpha value is -3.21. The van der Waals surface area contributed by atoms with Crippen LogP contribution in [0.2, 0.25) is 0 Å². The van der Waals surface area contributed by atoms with Crippen LogP contribution in [0.15, 0.2) is 26.8 Å². The molecule has 0 radical (unpaired) electrons.